The van der Waals surface area contributed by atoms with Gasteiger partial charge in [0, 0.05) is 30.3 Å². The van der Waals surface area contributed by atoms with Crippen LogP contribution in [0.2, 0.25) is 0 Å². The van der Waals surface area contributed by atoms with Crippen LogP contribution in [-0.4, -0.2) is 43.0 Å². The van der Waals surface area contributed by atoms with Gasteiger partial charge in [0.05, 0.1) is 16.1 Å². The summed E-state index contributed by atoms with van der Waals surface area (Å²) >= 11 is 0. The van der Waals surface area contributed by atoms with Gasteiger partial charge in [0.15, 0.2) is 5.88 Å². The molecule has 3 aromatic rings. The standard InChI is InChI=1S/C18H19N3O4S/c22-10-4-9-20-26(24,25)14-6-3-5-13(11-14)19-12-16-15-7-1-2-8-17(15)21-18(16)23/h1-3,5-8,11-12,20-23H,4,9-10H2. The number of nitrogens with one attached hydrogen (secondary N) is 2. The zero-order valence-corrected chi connectivity index (χ0v) is 14.7. The predicted octanol–water partition coefficient (Wildman–Crippen LogP) is 2.28. The van der Waals surface area contributed by atoms with Gasteiger partial charge in [-0.15, -0.1) is 0 Å². The maximum Gasteiger partial charge on any atom is 0.240 e. The summed E-state index contributed by atoms with van der Waals surface area (Å²) in [5.74, 6) is 0.00407. The van der Waals surface area contributed by atoms with Crippen molar-refractivity contribution in [2.24, 2.45) is 4.99 Å². The molecule has 1 heterocycles. The number of nitrogens with zero attached hydrogens (tertiary/aromatic N) is 1. The molecule has 3 rings (SSSR count). The third kappa shape index (κ3) is 3.93. The van der Waals surface area contributed by atoms with Gasteiger partial charge in [-0.05, 0) is 30.7 Å². The number of aliphatic imine (C=N–C) groups is 1. The van der Waals surface area contributed by atoms with E-state index >= 15 is 0 Å². The van der Waals surface area contributed by atoms with Crippen LogP contribution in [0.15, 0.2) is 58.4 Å². The molecule has 26 heavy (non-hydrogen) atoms. The normalized spacial score (nSPS) is 12.2. The lowest BCUT2D eigenvalue weighted by Gasteiger charge is -2.06. The number of rotatable bonds is 7. The summed E-state index contributed by atoms with van der Waals surface area (Å²) in [6.45, 7) is 0.0799. The Morgan fingerprint density at radius 1 is 1.15 bits per heavy atom. The third-order valence-electron chi connectivity index (χ3n) is 3.82. The minimum absolute atomic E-state index is 0.00407. The average molecular weight is 373 g/mol. The van der Waals surface area contributed by atoms with Crippen LogP contribution in [0, 0.1) is 0 Å². The monoisotopic (exact) mass is 373 g/mol. The lowest BCUT2D eigenvalue weighted by Crippen LogP contribution is -2.25. The zero-order valence-electron chi connectivity index (χ0n) is 13.9. The van der Waals surface area contributed by atoms with Crippen LogP contribution in [0.1, 0.15) is 12.0 Å². The first-order chi connectivity index (χ1) is 12.5. The minimum Gasteiger partial charge on any atom is -0.494 e. The lowest BCUT2D eigenvalue weighted by atomic mass is 10.2. The number of H-pyrrole nitrogens is 1. The lowest BCUT2D eigenvalue weighted by molar-refractivity contribution is 0.289. The number of hydrogen-bond donors (Lipinski definition) is 4. The molecule has 0 radical (unpaired) electrons. The maximum absolute atomic E-state index is 12.2. The summed E-state index contributed by atoms with van der Waals surface area (Å²) in [4.78, 5) is 7.25. The molecule has 7 nitrogen and oxygen atoms in total. The van der Waals surface area contributed by atoms with Crippen LogP contribution < -0.4 is 4.72 Å². The molecule has 0 saturated carbocycles. The van der Waals surface area contributed by atoms with Crippen molar-refractivity contribution >= 4 is 32.8 Å². The molecule has 0 fully saturated rings. The molecule has 0 unspecified atom stereocenters. The van der Waals surface area contributed by atoms with Gasteiger partial charge in [0.2, 0.25) is 10.0 Å². The highest BCUT2D eigenvalue weighted by molar-refractivity contribution is 7.89. The van der Waals surface area contributed by atoms with E-state index in [-0.39, 0.29) is 23.9 Å². The van der Waals surface area contributed by atoms with Crippen LogP contribution >= 0.6 is 0 Å². The highest BCUT2D eigenvalue weighted by Crippen LogP contribution is 2.26. The molecule has 0 aliphatic carbocycles. The number of fused-ring (bicyclic) bond motifs is 1. The molecule has 0 spiro atoms. The van der Waals surface area contributed by atoms with Gasteiger partial charge >= 0.3 is 0 Å². The fourth-order valence-electron chi connectivity index (χ4n) is 2.52. The fraction of sp³-hybridized carbons (Fsp3) is 0.167. The fourth-order valence-corrected chi connectivity index (χ4v) is 3.63. The first kappa shape index (κ1) is 18.1. The van der Waals surface area contributed by atoms with Crippen LogP contribution in [-0.2, 0) is 10.0 Å². The van der Waals surface area contributed by atoms with E-state index < -0.39 is 10.0 Å². The summed E-state index contributed by atoms with van der Waals surface area (Å²) in [5, 5.41) is 19.6. The predicted molar refractivity (Wildman–Crippen MR) is 101 cm³/mol. The van der Waals surface area contributed by atoms with Crippen LogP contribution in [0.5, 0.6) is 5.88 Å². The number of hydrogen-bond acceptors (Lipinski definition) is 5. The van der Waals surface area contributed by atoms with Gasteiger partial charge in [-0.1, -0.05) is 24.3 Å². The van der Waals surface area contributed by atoms with E-state index in [4.69, 9.17) is 5.11 Å². The quantitative estimate of drug-likeness (QED) is 0.376. The number of aromatic amines is 1. The second-order valence-electron chi connectivity index (χ2n) is 5.66. The third-order valence-corrected chi connectivity index (χ3v) is 5.28. The van der Waals surface area contributed by atoms with Crippen molar-refractivity contribution < 1.29 is 18.6 Å². The number of para-hydroxylation sites is 1. The number of sulfonamides is 1. The number of benzene rings is 2. The smallest absolute Gasteiger partial charge is 0.240 e. The van der Waals surface area contributed by atoms with E-state index in [1.165, 1.54) is 18.3 Å². The largest absolute Gasteiger partial charge is 0.494 e. The van der Waals surface area contributed by atoms with Crippen molar-refractivity contribution in [1.82, 2.24) is 9.71 Å². The Labute approximate surface area is 151 Å². The summed E-state index contributed by atoms with van der Waals surface area (Å²) in [7, 11) is -3.66. The maximum atomic E-state index is 12.2. The SMILES string of the molecule is O=S(=O)(NCCCO)c1cccc(N=Cc2c(O)[nH]c3ccccc23)c1. The van der Waals surface area contributed by atoms with E-state index in [2.05, 4.69) is 14.7 Å². The van der Waals surface area contributed by atoms with Gasteiger partial charge in [0.1, 0.15) is 0 Å². The van der Waals surface area contributed by atoms with Crippen molar-refractivity contribution in [1.29, 1.82) is 0 Å². The van der Waals surface area contributed by atoms with E-state index in [1.807, 2.05) is 24.3 Å². The van der Waals surface area contributed by atoms with E-state index in [9.17, 15) is 13.5 Å². The minimum atomic E-state index is -3.66. The van der Waals surface area contributed by atoms with Crippen molar-refractivity contribution in [3.05, 3.63) is 54.1 Å². The van der Waals surface area contributed by atoms with Crippen molar-refractivity contribution in [3.8, 4) is 5.88 Å². The van der Waals surface area contributed by atoms with E-state index in [0.717, 1.165) is 10.9 Å². The zero-order chi connectivity index (χ0) is 18.6. The highest BCUT2D eigenvalue weighted by atomic mass is 32.2. The molecule has 0 aliphatic heterocycles. The molecule has 0 bridgehead atoms. The number of aliphatic hydroxyl groups is 1. The molecule has 1 aromatic heterocycles. The summed E-state index contributed by atoms with van der Waals surface area (Å²) in [6, 6.07) is 13.6. The van der Waals surface area contributed by atoms with Crippen LogP contribution in [0.3, 0.4) is 0 Å². The van der Waals surface area contributed by atoms with Crippen molar-refractivity contribution in [2.45, 2.75) is 11.3 Å². The molecule has 0 saturated heterocycles. The van der Waals surface area contributed by atoms with Crippen molar-refractivity contribution in [3.63, 3.8) is 0 Å². The van der Waals surface area contributed by atoms with Crippen molar-refractivity contribution in [2.75, 3.05) is 13.2 Å². The molecule has 0 atom stereocenters. The summed E-state index contributed by atoms with van der Waals surface area (Å²) in [5.41, 5.74) is 1.77. The van der Waals surface area contributed by atoms with Crippen LogP contribution in [0.25, 0.3) is 10.9 Å². The number of aromatic nitrogens is 1. The van der Waals surface area contributed by atoms with Gasteiger partial charge in [0.25, 0.3) is 0 Å². The Hall–Kier alpha value is -2.68. The molecule has 8 heteroatoms. The topological polar surface area (TPSA) is 115 Å². The first-order valence-corrected chi connectivity index (χ1v) is 9.54. The van der Waals surface area contributed by atoms with E-state index in [1.54, 1.807) is 12.1 Å². The van der Waals surface area contributed by atoms with Crippen LogP contribution in [0.4, 0.5) is 5.69 Å². The average Bonchev–Trinajstić information content (AvgIpc) is 2.95. The van der Waals surface area contributed by atoms with Gasteiger partial charge < -0.3 is 15.2 Å². The molecular formula is C18H19N3O4S. The van der Waals surface area contributed by atoms with Gasteiger partial charge in [-0.25, -0.2) is 13.1 Å². The molecule has 136 valence electrons. The molecule has 2 aromatic carbocycles. The number of aromatic hydroxyl groups is 1. The summed E-state index contributed by atoms with van der Waals surface area (Å²) < 4.78 is 26.9. The first-order valence-electron chi connectivity index (χ1n) is 8.05. The number of aliphatic hydroxyl groups excluding tert-OH is 1. The second kappa shape index (κ2) is 7.69. The van der Waals surface area contributed by atoms with Gasteiger partial charge in [-0.2, -0.15) is 0 Å². The van der Waals surface area contributed by atoms with Gasteiger partial charge in [-0.3, -0.25) is 4.99 Å². The molecule has 0 aliphatic rings. The Bertz CT molecular complexity index is 1040. The second-order valence-corrected chi connectivity index (χ2v) is 7.43. The Morgan fingerprint density at radius 2 is 1.96 bits per heavy atom. The Kier molecular flexibility index (Phi) is 5.36. The Balaban J connectivity index is 1.86. The summed E-state index contributed by atoms with van der Waals surface area (Å²) in [6.07, 6.45) is 1.84. The molecule has 4 N–H and O–H groups in total. The highest BCUT2D eigenvalue weighted by Gasteiger charge is 2.13. The Morgan fingerprint density at radius 3 is 2.77 bits per heavy atom. The molecule has 0 amide bonds. The van der Waals surface area contributed by atoms with E-state index in [0.29, 0.717) is 17.7 Å². The molecular weight excluding hydrogens is 354 g/mol.